The molecule has 3 aromatic rings. The summed E-state index contributed by atoms with van der Waals surface area (Å²) in [4.78, 5) is 11.1. The van der Waals surface area contributed by atoms with Crippen LogP contribution in [-0.2, 0) is 9.47 Å². The van der Waals surface area contributed by atoms with E-state index >= 15 is 0 Å². The molecule has 0 aliphatic heterocycles. The molecule has 0 radical (unpaired) electrons. The first-order valence-corrected chi connectivity index (χ1v) is 13.2. The van der Waals surface area contributed by atoms with Gasteiger partial charge in [-0.05, 0) is 58.9 Å². The molecule has 0 saturated heterocycles. The van der Waals surface area contributed by atoms with Gasteiger partial charge in [-0.2, -0.15) is 0 Å². The molecule has 0 saturated carbocycles. The Bertz CT molecular complexity index is 1270. The smallest absolute Gasteiger partial charge is 0.141 e. The third-order valence-corrected chi connectivity index (χ3v) is 6.22. The van der Waals surface area contributed by atoms with Crippen LogP contribution in [0.15, 0.2) is 36.7 Å². The number of benzene rings is 2. The molecular formula is C29H36ClFN4O3. The fraction of sp³-hybridized carbons (Fsp3) is 0.448. The fourth-order valence-electron chi connectivity index (χ4n) is 3.88. The normalized spacial score (nSPS) is 11.5. The van der Waals surface area contributed by atoms with Crippen molar-refractivity contribution in [1.29, 1.82) is 0 Å². The molecule has 7 nitrogen and oxygen atoms in total. The molecular weight excluding hydrogens is 507 g/mol. The lowest BCUT2D eigenvalue weighted by Crippen LogP contribution is -2.46. The zero-order valence-corrected chi connectivity index (χ0v) is 23.5. The lowest BCUT2D eigenvalue weighted by Gasteiger charge is -2.34. The molecule has 1 N–H and O–H groups in total. The van der Waals surface area contributed by atoms with Crippen LogP contribution in [0.25, 0.3) is 10.9 Å². The number of fused-ring (bicyclic) bond motifs is 1. The summed E-state index contributed by atoms with van der Waals surface area (Å²) >= 11 is 5.97. The van der Waals surface area contributed by atoms with Crippen LogP contribution >= 0.6 is 11.6 Å². The van der Waals surface area contributed by atoms with Crippen LogP contribution in [0, 0.1) is 17.7 Å². The van der Waals surface area contributed by atoms with E-state index in [1.807, 2.05) is 32.9 Å². The van der Waals surface area contributed by atoms with Crippen LogP contribution in [0.1, 0.15) is 40.2 Å². The monoisotopic (exact) mass is 542 g/mol. The minimum Gasteiger partial charge on any atom is -0.492 e. The molecule has 0 aliphatic rings. The maximum atomic E-state index is 13.6. The van der Waals surface area contributed by atoms with E-state index in [0.717, 1.165) is 24.0 Å². The van der Waals surface area contributed by atoms with E-state index in [2.05, 4.69) is 45.9 Å². The van der Waals surface area contributed by atoms with Gasteiger partial charge in [-0.3, -0.25) is 4.90 Å². The number of ether oxygens (including phenoxy) is 3. The molecule has 1 heterocycles. The number of aromatic nitrogens is 2. The first-order chi connectivity index (χ1) is 18.3. The van der Waals surface area contributed by atoms with E-state index in [9.17, 15) is 4.39 Å². The molecule has 204 valence electrons. The molecule has 0 atom stereocenters. The molecule has 3 rings (SSSR count). The SMILES string of the molecule is CCOCCN(CCOCC)C(C)(C)C#Cc1cc2c(Nc3ccc(F)c(Cl)c3)ncnc2cc1OCC. The number of rotatable bonds is 13. The van der Waals surface area contributed by atoms with Gasteiger partial charge in [-0.1, -0.05) is 23.4 Å². The molecule has 2 aromatic carbocycles. The minimum atomic E-state index is -0.483. The highest BCUT2D eigenvalue weighted by molar-refractivity contribution is 6.31. The molecule has 9 heteroatoms. The maximum Gasteiger partial charge on any atom is 0.141 e. The van der Waals surface area contributed by atoms with Crippen molar-refractivity contribution in [1.82, 2.24) is 14.9 Å². The average Bonchev–Trinajstić information content (AvgIpc) is 2.89. The molecule has 38 heavy (non-hydrogen) atoms. The van der Waals surface area contributed by atoms with Gasteiger partial charge in [-0.25, -0.2) is 14.4 Å². The predicted molar refractivity (Wildman–Crippen MR) is 151 cm³/mol. The Kier molecular flexibility index (Phi) is 11.1. The van der Waals surface area contributed by atoms with Crippen molar-refractivity contribution < 1.29 is 18.6 Å². The molecule has 0 bridgehead atoms. The van der Waals surface area contributed by atoms with E-state index < -0.39 is 11.4 Å². The first kappa shape index (κ1) is 29.6. The second-order valence-electron chi connectivity index (χ2n) is 8.96. The molecule has 0 spiro atoms. The van der Waals surface area contributed by atoms with Crippen LogP contribution in [0.3, 0.4) is 0 Å². The van der Waals surface area contributed by atoms with Gasteiger partial charge in [0, 0.05) is 43.4 Å². The highest BCUT2D eigenvalue weighted by Gasteiger charge is 2.24. The maximum absolute atomic E-state index is 13.6. The van der Waals surface area contributed by atoms with Gasteiger partial charge in [0.15, 0.2) is 0 Å². The van der Waals surface area contributed by atoms with Crippen molar-refractivity contribution >= 4 is 34.0 Å². The number of halogens is 2. The third-order valence-electron chi connectivity index (χ3n) is 5.93. The van der Waals surface area contributed by atoms with Gasteiger partial charge in [0.25, 0.3) is 0 Å². The van der Waals surface area contributed by atoms with Crippen molar-refractivity contribution in [3.63, 3.8) is 0 Å². The standard InChI is InChI=1S/C29H36ClFN4O3/c1-6-36-15-13-35(14-16-37-7-2)29(4,5)12-11-21-17-23-26(19-27(21)38-8-3)32-20-33-28(23)34-22-9-10-25(31)24(30)18-22/h9-10,17-20H,6-8,13-16H2,1-5H3,(H,32,33,34). The Labute approximate surface area is 229 Å². The Balaban J connectivity index is 1.98. The van der Waals surface area contributed by atoms with E-state index in [1.165, 1.54) is 18.5 Å². The van der Waals surface area contributed by atoms with Gasteiger partial charge in [0.2, 0.25) is 0 Å². The summed E-state index contributed by atoms with van der Waals surface area (Å²) in [5, 5.41) is 3.99. The quantitative estimate of drug-likeness (QED) is 0.208. The van der Waals surface area contributed by atoms with Crippen molar-refractivity contribution in [2.24, 2.45) is 0 Å². The third kappa shape index (κ3) is 8.02. The topological polar surface area (TPSA) is 68.7 Å². The molecule has 0 unspecified atom stereocenters. The van der Waals surface area contributed by atoms with Gasteiger partial charge >= 0.3 is 0 Å². The Hall–Kier alpha value is -2.96. The summed E-state index contributed by atoms with van der Waals surface area (Å²) < 4.78 is 30.8. The lowest BCUT2D eigenvalue weighted by atomic mass is 10.0. The summed E-state index contributed by atoms with van der Waals surface area (Å²) in [6.45, 7) is 14.6. The van der Waals surface area contributed by atoms with Gasteiger partial charge < -0.3 is 19.5 Å². The number of anilines is 2. The molecule has 1 aromatic heterocycles. The summed E-state index contributed by atoms with van der Waals surface area (Å²) in [5.41, 5.74) is 1.57. The second-order valence-corrected chi connectivity index (χ2v) is 9.37. The van der Waals surface area contributed by atoms with E-state index in [4.69, 9.17) is 25.8 Å². The van der Waals surface area contributed by atoms with Gasteiger partial charge in [0.1, 0.15) is 23.7 Å². The van der Waals surface area contributed by atoms with Gasteiger partial charge in [0.05, 0.1) is 41.5 Å². The van der Waals surface area contributed by atoms with Crippen molar-refractivity contribution in [2.45, 2.75) is 40.2 Å². The zero-order chi connectivity index (χ0) is 27.5. The van der Waals surface area contributed by atoms with E-state index in [0.29, 0.717) is 55.8 Å². The number of nitrogens with zero attached hydrogens (tertiary/aromatic N) is 3. The number of nitrogens with one attached hydrogen (secondary N) is 1. The summed E-state index contributed by atoms with van der Waals surface area (Å²) in [6, 6.07) is 8.21. The molecule has 0 aliphatic carbocycles. The van der Waals surface area contributed by atoms with Crippen molar-refractivity contribution in [3.8, 4) is 17.6 Å². The average molecular weight is 543 g/mol. The van der Waals surface area contributed by atoms with Crippen molar-refractivity contribution in [2.75, 3.05) is 51.4 Å². The largest absolute Gasteiger partial charge is 0.492 e. The summed E-state index contributed by atoms with van der Waals surface area (Å²) in [7, 11) is 0. The van der Waals surface area contributed by atoms with E-state index in [-0.39, 0.29) is 5.02 Å². The van der Waals surface area contributed by atoms with Crippen LogP contribution in [-0.4, -0.2) is 66.5 Å². The highest BCUT2D eigenvalue weighted by Crippen LogP contribution is 2.31. The van der Waals surface area contributed by atoms with E-state index in [1.54, 1.807) is 6.07 Å². The second kappa shape index (κ2) is 14.3. The van der Waals surface area contributed by atoms with Crippen LogP contribution < -0.4 is 10.1 Å². The van der Waals surface area contributed by atoms with Crippen LogP contribution in [0.5, 0.6) is 5.75 Å². The lowest BCUT2D eigenvalue weighted by molar-refractivity contribution is 0.0533. The number of hydrogen-bond acceptors (Lipinski definition) is 7. The summed E-state index contributed by atoms with van der Waals surface area (Å²) in [6.07, 6.45) is 1.47. The van der Waals surface area contributed by atoms with Gasteiger partial charge in [-0.15, -0.1) is 0 Å². The summed E-state index contributed by atoms with van der Waals surface area (Å²) in [5.74, 6) is 7.50. The Morgan fingerprint density at radius 3 is 2.34 bits per heavy atom. The predicted octanol–water partition coefficient (Wildman–Crippen LogP) is 6.07. The fourth-order valence-corrected chi connectivity index (χ4v) is 4.06. The first-order valence-electron chi connectivity index (χ1n) is 12.9. The Morgan fingerprint density at radius 2 is 1.71 bits per heavy atom. The highest BCUT2D eigenvalue weighted by atomic mass is 35.5. The van der Waals surface area contributed by atoms with Crippen LogP contribution in [0.4, 0.5) is 15.9 Å². The molecule has 0 fully saturated rings. The minimum absolute atomic E-state index is 0.0269. The zero-order valence-electron chi connectivity index (χ0n) is 22.7. The van der Waals surface area contributed by atoms with Crippen molar-refractivity contribution in [3.05, 3.63) is 53.1 Å². The molecule has 0 amide bonds. The van der Waals surface area contributed by atoms with Crippen LogP contribution in [0.2, 0.25) is 5.02 Å². The Morgan fingerprint density at radius 1 is 1.00 bits per heavy atom. The number of hydrogen-bond donors (Lipinski definition) is 1.